The third-order valence-corrected chi connectivity index (χ3v) is 5.08. The molecular weight excluding hydrogens is 364 g/mol. The van der Waals surface area contributed by atoms with Gasteiger partial charge >= 0.3 is 0 Å². The predicted molar refractivity (Wildman–Crippen MR) is 115 cm³/mol. The summed E-state index contributed by atoms with van der Waals surface area (Å²) in [5.41, 5.74) is 2.28. The molecule has 5 nitrogen and oxygen atoms in total. The first-order chi connectivity index (χ1) is 14.1. The molecule has 1 aliphatic rings. The zero-order chi connectivity index (χ0) is 20.6. The maximum Gasteiger partial charge on any atom is 0.251 e. The minimum atomic E-state index is -0.137. The van der Waals surface area contributed by atoms with E-state index in [1.165, 1.54) is 0 Å². The molecule has 1 N–H and O–H groups in total. The molecule has 0 aromatic heterocycles. The molecule has 152 valence electrons. The Balaban J connectivity index is 1.75. The van der Waals surface area contributed by atoms with Crippen molar-refractivity contribution in [3.05, 3.63) is 65.7 Å². The minimum Gasteiger partial charge on any atom is -0.496 e. The van der Waals surface area contributed by atoms with Gasteiger partial charge in [-0.05, 0) is 30.0 Å². The molecule has 3 rings (SSSR count). The van der Waals surface area contributed by atoms with Crippen molar-refractivity contribution in [2.24, 2.45) is 5.92 Å². The highest BCUT2D eigenvalue weighted by molar-refractivity contribution is 6.24. The van der Waals surface area contributed by atoms with Crippen molar-refractivity contribution in [3.8, 4) is 5.75 Å². The van der Waals surface area contributed by atoms with Crippen LogP contribution in [0.5, 0.6) is 5.75 Å². The van der Waals surface area contributed by atoms with Crippen molar-refractivity contribution in [3.63, 3.8) is 0 Å². The van der Waals surface area contributed by atoms with E-state index in [2.05, 4.69) is 12.2 Å². The van der Waals surface area contributed by atoms with Crippen LogP contribution in [0, 0.1) is 5.92 Å². The van der Waals surface area contributed by atoms with Gasteiger partial charge in [-0.3, -0.25) is 9.59 Å². The van der Waals surface area contributed by atoms with Crippen LogP contribution in [-0.2, 0) is 9.59 Å². The molecule has 1 fully saturated rings. The molecule has 2 aromatic rings. The Hall–Kier alpha value is -3.08. The van der Waals surface area contributed by atoms with Crippen molar-refractivity contribution in [2.75, 3.05) is 26.7 Å². The summed E-state index contributed by atoms with van der Waals surface area (Å²) < 4.78 is 5.43. The molecule has 2 amide bonds. The Kier molecular flexibility index (Phi) is 7.06. The number of hydrogen-bond acceptors (Lipinski definition) is 3. The first-order valence-corrected chi connectivity index (χ1v) is 10.0. The average Bonchev–Trinajstić information content (AvgIpc) is 3.15. The molecule has 5 heteroatoms. The lowest BCUT2D eigenvalue weighted by Gasteiger charge is -2.21. The Labute approximate surface area is 172 Å². The number of benzene rings is 2. The Morgan fingerprint density at radius 2 is 1.90 bits per heavy atom. The fourth-order valence-corrected chi connectivity index (χ4v) is 3.54. The third-order valence-electron chi connectivity index (χ3n) is 5.08. The summed E-state index contributed by atoms with van der Waals surface area (Å²) >= 11 is 0. The van der Waals surface area contributed by atoms with E-state index in [0.29, 0.717) is 25.1 Å². The normalized spacial score (nSPS) is 15.3. The largest absolute Gasteiger partial charge is 0.496 e. The second-order valence-electron chi connectivity index (χ2n) is 7.42. The summed E-state index contributed by atoms with van der Waals surface area (Å²) in [5, 5.41) is 3.04. The van der Waals surface area contributed by atoms with E-state index in [-0.39, 0.29) is 17.7 Å². The van der Waals surface area contributed by atoms with E-state index < -0.39 is 0 Å². The molecular formula is C24H28N2O3. The molecule has 0 bridgehead atoms. The summed E-state index contributed by atoms with van der Waals surface area (Å²) in [6, 6.07) is 17.2. The number of methoxy groups -OCH3 is 1. The highest BCUT2D eigenvalue weighted by Crippen LogP contribution is 2.25. The number of ether oxygens (including phenoxy) is 1. The standard InChI is InChI=1S/C24H28N2O3/c1-18(17-26-14-8-13-23(26)27)16-25-24(28)21(19-9-4-3-5-10-19)15-20-11-6-7-12-22(20)29-2/h3-7,9-12,15,18H,8,13-14,16-17H2,1-2H3,(H,25,28)/b21-15-/t18-/m0/s1. The SMILES string of the molecule is COc1ccccc1/C=C(\C(=O)NC[C@H](C)CN1CCCC1=O)c1ccccc1. The van der Waals surface area contributed by atoms with E-state index in [1.807, 2.05) is 65.6 Å². The summed E-state index contributed by atoms with van der Waals surface area (Å²) in [6.07, 6.45) is 3.43. The van der Waals surface area contributed by atoms with Gasteiger partial charge in [0.05, 0.1) is 7.11 Å². The molecule has 0 unspecified atom stereocenters. The summed E-state index contributed by atoms with van der Waals surface area (Å²) in [7, 11) is 1.62. The molecule has 0 saturated carbocycles. The van der Waals surface area contributed by atoms with Gasteiger partial charge in [-0.25, -0.2) is 0 Å². The van der Waals surface area contributed by atoms with Gasteiger partial charge in [0, 0.05) is 37.2 Å². The Bertz CT molecular complexity index is 877. The number of nitrogens with zero attached hydrogens (tertiary/aromatic N) is 1. The van der Waals surface area contributed by atoms with Crippen molar-refractivity contribution in [2.45, 2.75) is 19.8 Å². The first kappa shape index (κ1) is 20.6. The van der Waals surface area contributed by atoms with Crippen LogP contribution in [0.4, 0.5) is 0 Å². The molecule has 1 heterocycles. The van der Waals surface area contributed by atoms with Gasteiger partial charge in [0.25, 0.3) is 5.91 Å². The van der Waals surface area contributed by atoms with Gasteiger partial charge in [-0.2, -0.15) is 0 Å². The van der Waals surface area contributed by atoms with Crippen LogP contribution >= 0.6 is 0 Å². The van der Waals surface area contributed by atoms with E-state index in [9.17, 15) is 9.59 Å². The van der Waals surface area contributed by atoms with Gasteiger partial charge in [-0.15, -0.1) is 0 Å². The van der Waals surface area contributed by atoms with Crippen molar-refractivity contribution < 1.29 is 14.3 Å². The van der Waals surface area contributed by atoms with Gasteiger partial charge < -0.3 is 15.0 Å². The molecule has 0 radical (unpaired) electrons. The molecule has 2 aromatic carbocycles. The average molecular weight is 392 g/mol. The predicted octanol–water partition coefficient (Wildman–Crippen LogP) is 3.61. The number of rotatable bonds is 8. The number of hydrogen-bond donors (Lipinski definition) is 1. The summed E-state index contributed by atoms with van der Waals surface area (Å²) in [5.74, 6) is 0.977. The first-order valence-electron chi connectivity index (χ1n) is 10.0. The zero-order valence-corrected chi connectivity index (χ0v) is 17.1. The number of para-hydroxylation sites is 1. The van der Waals surface area contributed by atoms with E-state index in [1.54, 1.807) is 7.11 Å². The monoisotopic (exact) mass is 392 g/mol. The van der Waals surface area contributed by atoms with E-state index >= 15 is 0 Å². The second-order valence-corrected chi connectivity index (χ2v) is 7.42. The van der Waals surface area contributed by atoms with Crippen molar-refractivity contribution in [1.82, 2.24) is 10.2 Å². The minimum absolute atomic E-state index is 0.137. The van der Waals surface area contributed by atoms with Crippen LogP contribution in [0.15, 0.2) is 54.6 Å². The topological polar surface area (TPSA) is 58.6 Å². The number of likely N-dealkylation sites (tertiary alicyclic amines) is 1. The van der Waals surface area contributed by atoms with Crippen LogP contribution in [-0.4, -0.2) is 43.5 Å². The summed E-state index contributed by atoms with van der Waals surface area (Å²) in [6.45, 7) is 4.06. The highest BCUT2D eigenvalue weighted by atomic mass is 16.5. The number of carbonyl (C=O) groups is 2. The Morgan fingerprint density at radius 3 is 2.59 bits per heavy atom. The van der Waals surface area contributed by atoms with Gasteiger partial charge in [0.15, 0.2) is 0 Å². The van der Waals surface area contributed by atoms with Gasteiger partial charge in [-0.1, -0.05) is 55.5 Å². The number of amides is 2. The fraction of sp³-hybridized carbons (Fsp3) is 0.333. The second kappa shape index (κ2) is 9.92. The Morgan fingerprint density at radius 1 is 1.17 bits per heavy atom. The van der Waals surface area contributed by atoms with Crippen LogP contribution in [0.3, 0.4) is 0 Å². The molecule has 1 aliphatic heterocycles. The van der Waals surface area contributed by atoms with Crippen LogP contribution in [0.2, 0.25) is 0 Å². The maximum atomic E-state index is 13.1. The third kappa shape index (κ3) is 5.47. The highest BCUT2D eigenvalue weighted by Gasteiger charge is 2.22. The lowest BCUT2D eigenvalue weighted by atomic mass is 10.0. The molecule has 1 saturated heterocycles. The number of carbonyl (C=O) groups excluding carboxylic acids is 2. The lowest BCUT2D eigenvalue weighted by molar-refractivity contribution is -0.128. The molecule has 0 aliphatic carbocycles. The number of nitrogens with one attached hydrogen (secondary N) is 1. The lowest BCUT2D eigenvalue weighted by Crippen LogP contribution is -2.36. The van der Waals surface area contributed by atoms with Crippen molar-refractivity contribution in [1.29, 1.82) is 0 Å². The molecule has 0 spiro atoms. The fourth-order valence-electron chi connectivity index (χ4n) is 3.54. The van der Waals surface area contributed by atoms with Gasteiger partial charge in [0.1, 0.15) is 5.75 Å². The van der Waals surface area contributed by atoms with Crippen LogP contribution in [0.25, 0.3) is 11.6 Å². The van der Waals surface area contributed by atoms with Crippen LogP contribution in [0.1, 0.15) is 30.9 Å². The summed E-state index contributed by atoms with van der Waals surface area (Å²) in [4.78, 5) is 26.8. The van der Waals surface area contributed by atoms with E-state index in [4.69, 9.17) is 4.74 Å². The zero-order valence-electron chi connectivity index (χ0n) is 17.1. The maximum absolute atomic E-state index is 13.1. The smallest absolute Gasteiger partial charge is 0.251 e. The molecule has 29 heavy (non-hydrogen) atoms. The van der Waals surface area contributed by atoms with Crippen LogP contribution < -0.4 is 10.1 Å². The molecule has 1 atom stereocenters. The quantitative estimate of drug-likeness (QED) is 0.551. The van der Waals surface area contributed by atoms with E-state index in [0.717, 1.165) is 29.8 Å². The van der Waals surface area contributed by atoms with Gasteiger partial charge in [0.2, 0.25) is 5.91 Å². The van der Waals surface area contributed by atoms with Crippen molar-refractivity contribution >= 4 is 23.5 Å².